The zero-order valence-corrected chi connectivity index (χ0v) is 14.8. The number of hydrogen-bond donors (Lipinski definition) is 1. The number of hydrogen-bond acceptors (Lipinski definition) is 2. The third-order valence-corrected chi connectivity index (χ3v) is 4.22. The minimum atomic E-state index is -0.277. The van der Waals surface area contributed by atoms with E-state index >= 15 is 0 Å². The first-order valence-electron chi connectivity index (χ1n) is 7.65. The van der Waals surface area contributed by atoms with Gasteiger partial charge in [0.15, 0.2) is 0 Å². The zero-order valence-electron chi connectivity index (χ0n) is 13.2. The Morgan fingerprint density at radius 3 is 2.52 bits per heavy atom. The summed E-state index contributed by atoms with van der Waals surface area (Å²) in [5, 5.41) is 2.85. The van der Waals surface area contributed by atoms with Crippen LogP contribution in [0.25, 0.3) is 0 Å². The first-order valence-corrected chi connectivity index (χ1v) is 8.44. The van der Waals surface area contributed by atoms with E-state index in [4.69, 9.17) is 4.74 Å². The van der Waals surface area contributed by atoms with Gasteiger partial charge in [0.2, 0.25) is 0 Å². The highest BCUT2D eigenvalue weighted by Crippen LogP contribution is 2.21. The Hall–Kier alpha value is -2.66. The molecule has 0 unspecified atom stereocenters. The van der Waals surface area contributed by atoms with E-state index < -0.39 is 0 Å². The first-order chi connectivity index (χ1) is 12.1. The Kier molecular flexibility index (Phi) is 5.46. The van der Waals surface area contributed by atoms with Gasteiger partial charge < -0.3 is 10.1 Å². The standard InChI is InChI=1S/C20H15BrFNO2/c21-19-7-2-1-6-18(19)20(24)23-16-4-3-5-17(12-16)25-13-14-8-10-15(22)11-9-14/h1-12H,13H2,(H,23,24). The third kappa shape index (κ3) is 4.67. The molecular weight excluding hydrogens is 385 g/mol. The van der Waals surface area contributed by atoms with Crippen molar-refractivity contribution in [3.63, 3.8) is 0 Å². The number of benzene rings is 3. The second-order valence-electron chi connectivity index (χ2n) is 5.38. The minimum Gasteiger partial charge on any atom is -0.489 e. The number of carbonyl (C=O) groups is 1. The molecule has 0 aliphatic carbocycles. The van der Waals surface area contributed by atoms with Crippen LogP contribution in [0.5, 0.6) is 5.75 Å². The van der Waals surface area contributed by atoms with Gasteiger partial charge in [-0.05, 0) is 57.9 Å². The van der Waals surface area contributed by atoms with Crippen LogP contribution in [0.2, 0.25) is 0 Å². The lowest BCUT2D eigenvalue weighted by molar-refractivity contribution is 0.102. The molecule has 3 aromatic carbocycles. The van der Waals surface area contributed by atoms with E-state index in [1.807, 2.05) is 18.2 Å². The van der Waals surface area contributed by atoms with E-state index in [9.17, 15) is 9.18 Å². The zero-order chi connectivity index (χ0) is 17.6. The van der Waals surface area contributed by atoms with Crippen LogP contribution >= 0.6 is 15.9 Å². The molecule has 0 aliphatic heterocycles. The van der Waals surface area contributed by atoms with Crippen molar-refractivity contribution in [3.8, 4) is 5.75 Å². The van der Waals surface area contributed by atoms with Crippen molar-refractivity contribution in [2.45, 2.75) is 6.61 Å². The van der Waals surface area contributed by atoms with Gasteiger partial charge in [-0.1, -0.05) is 30.3 Å². The molecule has 0 bridgehead atoms. The van der Waals surface area contributed by atoms with E-state index in [1.54, 1.807) is 42.5 Å². The van der Waals surface area contributed by atoms with Crippen LogP contribution in [-0.4, -0.2) is 5.91 Å². The number of anilines is 1. The molecule has 3 aromatic rings. The molecule has 1 N–H and O–H groups in total. The van der Waals surface area contributed by atoms with Crippen LogP contribution in [0.1, 0.15) is 15.9 Å². The third-order valence-electron chi connectivity index (χ3n) is 3.53. The molecule has 3 rings (SSSR count). The Labute approximate surface area is 153 Å². The summed E-state index contributed by atoms with van der Waals surface area (Å²) in [5.41, 5.74) is 2.06. The van der Waals surface area contributed by atoms with Crippen LogP contribution in [-0.2, 0) is 6.61 Å². The van der Waals surface area contributed by atoms with Crippen LogP contribution in [0.15, 0.2) is 77.3 Å². The highest BCUT2D eigenvalue weighted by molar-refractivity contribution is 9.10. The predicted molar refractivity (Wildman–Crippen MR) is 99.3 cm³/mol. The van der Waals surface area contributed by atoms with Gasteiger partial charge in [0, 0.05) is 16.2 Å². The van der Waals surface area contributed by atoms with E-state index in [-0.39, 0.29) is 11.7 Å². The Morgan fingerprint density at radius 1 is 1.00 bits per heavy atom. The summed E-state index contributed by atoms with van der Waals surface area (Å²) in [7, 11) is 0. The molecule has 126 valence electrons. The lowest BCUT2D eigenvalue weighted by Gasteiger charge is -2.10. The molecule has 0 saturated carbocycles. The number of carbonyl (C=O) groups excluding carboxylic acids is 1. The molecule has 25 heavy (non-hydrogen) atoms. The smallest absolute Gasteiger partial charge is 0.256 e. The van der Waals surface area contributed by atoms with E-state index in [1.165, 1.54) is 12.1 Å². The van der Waals surface area contributed by atoms with Gasteiger partial charge in [0.05, 0.1) is 5.56 Å². The largest absolute Gasteiger partial charge is 0.489 e. The maximum atomic E-state index is 12.9. The van der Waals surface area contributed by atoms with Crippen molar-refractivity contribution < 1.29 is 13.9 Å². The van der Waals surface area contributed by atoms with Crippen LogP contribution in [0.4, 0.5) is 10.1 Å². The molecule has 0 radical (unpaired) electrons. The molecular formula is C20H15BrFNO2. The highest BCUT2D eigenvalue weighted by Gasteiger charge is 2.09. The molecule has 0 saturated heterocycles. The Balaban J connectivity index is 1.66. The summed E-state index contributed by atoms with van der Waals surface area (Å²) in [4.78, 5) is 12.3. The molecule has 0 spiro atoms. The number of amides is 1. The molecule has 0 aromatic heterocycles. The van der Waals surface area contributed by atoms with Gasteiger partial charge in [0.1, 0.15) is 18.2 Å². The van der Waals surface area contributed by atoms with Crippen molar-refractivity contribution in [1.29, 1.82) is 0 Å². The van der Waals surface area contributed by atoms with E-state index in [0.29, 0.717) is 23.6 Å². The summed E-state index contributed by atoms with van der Waals surface area (Å²) < 4.78 is 19.3. The highest BCUT2D eigenvalue weighted by atomic mass is 79.9. The second kappa shape index (κ2) is 7.94. The minimum absolute atomic E-state index is 0.205. The lowest BCUT2D eigenvalue weighted by atomic mass is 10.2. The summed E-state index contributed by atoms with van der Waals surface area (Å²) in [6.45, 7) is 0.321. The fourth-order valence-corrected chi connectivity index (χ4v) is 2.72. The van der Waals surface area contributed by atoms with Crippen LogP contribution < -0.4 is 10.1 Å². The predicted octanol–water partition coefficient (Wildman–Crippen LogP) is 5.42. The summed E-state index contributed by atoms with van der Waals surface area (Å²) >= 11 is 3.37. The SMILES string of the molecule is O=C(Nc1cccc(OCc2ccc(F)cc2)c1)c1ccccc1Br. The fourth-order valence-electron chi connectivity index (χ4n) is 2.25. The number of nitrogens with one attached hydrogen (secondary N) is 1. The Morgan fingerprint density at radius 2 is 1.76 bits per heavy atom. The second-order valence-corrected chi connectivity index (χ2v) is 6.23. The molecule has 5 heteroatoms. The van der Waals surface area contributed by atoms with Crippen LogP contribution in [0, 0.1) is 5.82 Å². The van der Waals surface area contributed by atoms with Gasteiger partial charge in [-0.2, -0.15) is 0 Å². The van der Waals surface area contributed by atoms with Gasteiger partial charge in [-0.15, -0.1) is 0 Å². The lowest BCUT2D eigenvalue weighted by Crippen LogP contribution is -2.12. The van der Waals surface area contributed by atoms with Crippen molar-refractivity contribution in [1.82, 2.24) is 0 Å². The van der Waals surface area contributed by atoms with Gasteiger partial charge >= 0.3 is 0 Å². The van der Waals surface area contributed by atoms with Crippen molar-refractivity contribution in [2.24, 2.45) is 0 Å². The number of rotatable bonds is 5. The van der Waals surface area contributed by atoms with Gasteiger partial charge in [-0.3, -0.25) is 4.79 Å². The van der Waals surface area contributed by atoms with Gasteiger partial charge in [0.25, 0.3) is 5.91 Å². The number of halogens is 2. The average Bonchev–Trinajstić information content (AvgIpc) is 2.62. The maximum absolute atomic E-state index is 12.9. The quantitative estimate of drug-likeness (QED) is 0.621. The van der Waals surface area contributed by atoms with E-state index in [0.717, 1.165) is 10.0 Å². The van der Waals surface area contributed by atoms with Crippen molar-refractivity contribution in [2.75, 3.05) is 5.32 Å². The van der Waals surface area contributed by atoms with Crippen molar-refractivity contribution in [3.05, 3.63) is 94.2 Å². The topological polar surface area (TPSA) is 38.3 Å². The van der Waals surface area contributed by atoms with E-state index in [2.05, 4.69) is 21.2 Å². The molecule has 1 amide bonds. The molecule has 0 fully saturated rings. The fraction of sp³-hybridized carbons (Fsp3) is 0.0500. The maximum Gasteiger partial charge on any atom is 0.256 e. The van der Waals surface area contributed by atoms with Crippen LogP contribution in [0.3, 0.4) is 0 Å². The van der Waals surface area contributed by atoms with Crippen molar-refractivity contribution >= 4 is 27.5 Å². The van der Waals surface area contributed by atoms with Gasteiger partial charge in [-0.25, -0.2) is 4.39 Å². The molecule has 0 atom stereocenters. The summed E-state index contributed by atoms with van der Waals surface area (Å²) in [5.74, 6) is 0.137. The molecule has 0 heterocycles. The number of ether oxygens (including phenoxy) is 1. The average molecular weight is 400 g/mol. The Bertz CT molecular complexity index is 881. The molecule has 3 nitrogen and oxygen atoms in total. The molecule has 0 aliphatic rings. The summed E-state index contributed by atoms with van der Waals surface area (Å²) in [6, 6.07) is 20.5. The first kappa shape index (κ1) is 17.2. The monoisotopic (exact) mass is 399 g/mol. The summed E-state index contributed by atoms with van der Waals surface area (Å²) in [6.07, 6.45) is 0. The normalized spacial score (nSPS) is 10.3.